The molecule has 0 aliphatic carbocycles. The normalized spacial score (nSPS) is 14.5. The maximum Gasteiger partial charge on any atom is 0.232 e. The third kappa shape index (κ3) is 2.96. The highest BCUT2D eigenvalue weighted by Crippen LogP contribution is 2.26. The van der Waals surface area contributed by atoms with Crippen molar-refractivity contribution in [1.82, 2.24) is 4.90 Å². The van der Waals surface area contributed by atoms with Gasteiger partial charge in [0.15, 0.2) is 0 Å². The van der Waals surface area contributed by atoms with Crippen molar-refractivity contribution in [1.29, 1.82) is 5.26 Å². The van der Waals surface area contributed by atoms with Gasteiger partial charge in [0.25, 0.3) is 0 Å². The van der Waals surface area contributed by atoms with Crippen molar-refractivity contribution in [2.75, 3.05) is 24.6 Å². The van der Waals surface area contributed by atoms with Crippen LogP contribution in [-0.2, 0) is 4.79 Å². The van der Waals surface area contributed by atoms with Gasteiger partial charge in [0.2, 0.25) is 5.91 Å². The molecule has 0 unspecified atom stereocenters. The van der Waals surface area contributed by atoms with Crippen molar-refractivity contribution in [3.8, 4) is 6.07 Å². The molecule has 0 atom stereocenters. The Balaban J connectivity index is 1.97. The summed E-state index contributed by atoms with van der Waals surface area (Å²) in [5.41, 5.74) is 7.02. The Morgan fingerprint density at radius 1 is 1.44 bits per heavy atom. The van der Waals surface area contributed by atoms with Gasteiger partial charge in [-0.05, 0) is 31.0 Å². The molecule has 0 bridgehead atoms. The highest BCUT2D eigenvalue weighted by Gasteiger charge is 2.18. The molecule has 0 saturated carbocycles. The van der Waals surface area contributed by atoms with E-state index in [1.165, 1.54) is 11.8 Å². The average Bonchev–Trinajstić information content (AvgIpc) is 2.91. The number of carbonyl (C=O) groups is 1. The van der Waals surface area contributed by atoms with Crippen molar-refractivity contribution >= 4 is 23.4 Å². The van der Waals surface area contributed by atoms with Gasteiger partial charge in [-0.3, -0.25) is 4.79 Å². The first-order chi connectivity index (χ1) is 8.70. The van der Waals surface area contributed by atoms with E-state index >= 15 is 0 Å². The number of likely N-dealkylation sites (tertiary alicyclic amines) is 1. The van der Waals surface area contributed by atoms with E-state index in [-0.39, 0.29) is 5.91 Å². The van der Waals surface area contributed by atoms with Crippen molar-refractivity contribution in [3.63, 3.8) is 0 Å². The summed E-state index contributed by atoms with van der Waals surface area (Å²) in [7, 11) is 0. The molecule has 2 N–H and O–H groups in total. The molecule has 94 valence electrons. The molecule has 5 heteroatoms. The summed E-state index contributed by atoms with van der Waals surface area (Å²) in [4.78, 5) is 14.6. The fraction of sp³-hybridized carbons (Fsp3) is 0.385. The van der Waals surface area contributed by atoms with Crippen LogP contribution in [0.1, 0.15) is 18.4 Å². The topological polar surface area (TPSA) is 70.1 Å². The molecule has 1 aliphatic rings. The Kier molecular flexibility index (Phi) is 4.11. The average molecular weight is 261 g/mol. The number of amides is 1. The fourth-order valence-electron chi connectivity index (χ4n) is 1.93. The van der Waals surface area contributed by atoms with Crippen LogP contribution in [-0.4, -0.2) is 29.6 Å². The monoisotopic (exact) mass is 261 g/mol. The molecule has 0 aromatic heterocycles. The van der Waals surface area contributed by atoms with Gasteiger partial charge >= 0.3 is 0 Å². The van der Waals surface area contributed by atoms with E-state index in [9.17, 15) is 4.79 Å². The second kappa shape index (κ2) is 5.78. The minimum Gasteiger partial charge on any atom is -0.398 e. The summed E-state index contributed by atoms with van der Waals surface area (Å²) in [6.07, 6.45) is 2.20. The maximum absolute atomic E-state index is 11.9. The molecular weight excluding hydrogens is 246 g/mol. The molecule has 0 radical (unpaired) electrons. The highest BCUT2D eigenvalue weighted by molar-refractivity contribution is 8.00. The lowest BCUT2D eigenvalue weighted by atomic mass is 10.2. The SMILES string of the molecule is N#Cc1ccc(N)c(SCC(=O)N2CCCC2)c1. The van der Waals surface area contributed by atoms with Crippen LogP contribution in [0.25, 0.3) is 0 Å². The zero-order valence-electron chi connectivity index (χ0n) is 10.1. The number of anilines is 1. The molecule has 1 aliphatic heterocycles. The number of nitriles is 1. The van der Waals surface area contributed by atoms with E-state index in [0.717, 1.165) is 30.8 Å². The van der Waals surface area contributed by atoms with Crippen molar-refractivity contribution in [2.24, 2.45) is 0 Å². The van der Waals surface area contributed by atoms with Gasteiger partial charge in [-0.25, -0.2) is 0 Å². The summed E-state index contributed by atoms with van der Waals surface area (Å²) in [6.45, 7) is 1.74. The number of nitrogen functional groups attached to an aromatic ring is 1. The van der Waals surface area contributed by atoms with E-state index in [0.29, 0.717) is 17.0 Å². The number of rotatable bonds is 3. The zero-order valence-corrected chi connectivity index (χ0v) is 10.9. The molecule has 1 fully saturated rings. The Labute approximate surface area is 111 Å². The van der Waals surface area contributed by atoms with Gasteiger partial charge in [0, 0.05) is 23.7 Å². The highest BCUT2D eigenvalue weighted by atomic mass is 32.2. The van der Waals surface area contributed by atoms with Gasteiger partial charge in [-0.1, -0.05) is 0 Å². The second-order valence-corrected chi connectivity index (χ2v) is 5.26. The minimum absolute atomic E-state index is 0.152. The predicted molar refractivity (Wildman–Crippen MR) is 72.1 cm³/mol. The smallest absolute Gasteiger partial charge is 0.232 e. The first kappa shape index (κ1) is 12.8. The number of nitrogens with two attached hydrogens (primary N) is 1. The van der Waals surface area contributed by atoms with E-state index in [4.69, 9.17) is 11.0 Å². The van der Waals surface area contributed by atoms with E-state index in [1.54, 1.807) is 18.2 Å². The first-order valence-electron chi connectivity index (χ1n) is 5.91. The quantitative estimate of drug-likeness (QED) is 0.666. The molecule has 1 amide bonds. The van der Waals surface area contributed by atoms with E-state index < -0.39 is 0 Å². The molecule has 0 spiro atoms. The largest absolute Gasteiger partial charge is 0.398 e. The lowest BCUT2D eigenvalue weighted by Gasteiger charge is -2.15. The van der Waals surface area contributed by atoms with Crippen molar-refractivity contribution < 1.29 is 4.79 Å². The summed E-state index contributed by atoms with van der Waals surface area (Å²) in [5, 5.41) is 8.83. The van der Waals surface area contributed by atoms with Crippen LogP contribution >= 0.6 is 11.8 Å². The predicted octanol–water partition coefficient (Wildman–Crippen LogP) is 1.85. The van der Waals surface area contributed by atoms with E-state index in [1.807, 2.05) is 4.90 Å². The fourth-order valence-corrected chi connectivity index (χ4v) is 2.83. The molecule has 18 heavy (non-hydrogen) atoms. The molecule has 1 saturated heterocycles. The Bertz CT molecular complexity index is 489. The van der Waals surface area contributed by atoms with Crippen LogP contribution in [0.5, 0.6) is 0 Å². The second-order valence-electron chi connectivity index (χ2n) is 4.24. The van der Waals surface area contributed by atoms with Gasteiger partial charge in [0.05, 0.1) is 17.4 Å². The van der Waals surface area contributed by atoms with Crippen LogP contribution in [0.3, 0.4) is 0 Å². The van der Waals surface area contributed by atoms with Gasteiger partial charge in [-0.2, -0.15) is 5.26 Å². The standard InChI is InChI=1S/C13H15N3OS/c14-8-10-3-4-11(15)12(7-10)18-9-13(17)16-5-1-2-6-16/h3-4,7H,1-2,5-6,9,15H2. The van der Waals surface area contributed by atoms with E-state index in [2.05, 4.69) is 6.07 Å². The van der Waals surface area contributed by atoms with Crippen LogP contribution < -0.4 is 5.73 Å². The number of hydrogen-bond donors (Lipinski definition) is 1. The zero-order chi connectivity index (χ0) is 13.0. The summed E-state index contributed by atoms with van der Waals surface area (Å²) in [5.74, 6) is 0.540. The number of nitrogens with zero attached hydrogens (tertiary/aromatic N) is 2. The molecule has 2 rings (SSSR count). The van der Waals surface area contributed by atoms with Crippen LogP contribution in [0, 0.1) is 11.3 Å². The molecule has 4 nitrogen and oxygen atoms in total. The van der Waals surface area contributed by atoms with Crippen LogP contribution in [0.4, 0.5) is 5.69 Å². The number of hydrogen-bond acceptors (Lipinski definition) is 4. The van der Waals surface area contributed by atoms with Crippen molar-refractivity contribution in [3.05, 3.63) is 23.8 Å². The van der Waals surface area contributed by atoms with Gasteiger partial charge in [-0.15, -0.1) is 11.8 Å². The lowest BCUT2D eigenvalue weighted by Crippen LogP contribution is -2.29. The van der Waals surface area contributed by atoms with Crippen LogP contribution in [0.15, 0.2) is 23.1 Å². The lowest BCUT2D eigenvalue weighted by molar-refractivity contribution is -0.127. The first-order valence-corrected chi connectivity index (χ1v) is 6.89. The van der Waals surface area contributed by atoms with Crippen molar-refractivity contribution in [2.45, 2.75) is 17.7 Å². The Morgan fingerprint density at radius 2 is 2.17 bits per heavy atom. The van der Waals surface area contributed by atoms with Gasteiger partial charge < -0.3 is 10.6 Å². The Hall–Kier alpha value is -1.67. The summed E-state index contributed by atoms with van der Waals surface area (Å²) in [6, 6.07) is 7.20. The molecule has 1 heterocycles. The Morgan fingerprint density at radius 3 is 2.83 bits per heavy atom. The minimum atomic E-state index is 0.152. The molecular formula is C13H15N3OS. The van der Waals surface area contributed by atoms with Gasteiger partial charge in [0.1, 0.15) is 0 Å². The summed E-state index contributed by atoms with van der Waals surface area (Å²) < 4.78 is 0. The third-order valence-electron chi connectivity index (χ3n) is 2.95. The third-order valence-corrected chi connectivity index (χ3v) is 4.01. The maximum atomic E-state index is 11.9. The molecule has 1 aromatic rings. The number of benzene rings is 1. The van der Waals surface area contributed by atoms with Crippen LogP contribution in [0.2, 0.25) is 0 Å². The summed E-state index contributed by atoms with van der Waals surface area (Å²) >= 11 is 1.40. The number of carbonyl (C=O) groups excluding carboxylic acids is 1. The molecule has 1 aromatic carbocycles. The number of thioether (sulfide) groups is 1.